The second-order valence-electron chi connectivity index (χ2n) is 8.82. The highest BCUT2D eigenvalue weighted by atomic mass is 32.2. The molecule has 2 amide bonds. The summed E-state index contributed by atoms with van der Waals surface area (Å²) in [6.45, 7) is 6.52. The van der Waals surface area contributed by atoms with Gasteiger partial charge in [0.2, 0.25) is 10.0 Å². The summed E-state index contributed by atoms with van der Waals surface area (Å²) in [5.74, 6) is 0.00933. The maximum atomic E-state index is 13.0. The van der Waals surface area contributed by atoms with E-state index in [1.807, 2.05) is 36.1 Å². The maximum absolute atomic E-state index is 13.0. The van der Waals surface area contributed by atoms with E-state index in [2.05, 4.69) is 4.90 Å². The minimum absolute atomic E-state index is 0.00933. The fourth-order valence-electron chi connectivity index (χ4n) is 4.33. The van der Waals surface area contributed by atoms with Gasteiger partial charge in [-0.3, -0.25) is 0 Å². The summed E-state index contributed by atoms with van der Waals surface area (Å²) < 4.78 is 27.5. The monoisotopic (exact) mass is 436 g/mol. The molecule has 0 aromatic heterocycles. The molecular formula is C22H36N4O3S. The van der Waals surface area contributed by atoms with Crippen LogP contribution in [0.4, 0.5) is 4.79 Å². The molecule has 2 heterocycles. The predicted molar refractivity (Wildman–Crippen MR) is 120 cm³/mol. The molecule has 0 radical (unpaired) electrons. The van der Waals surface area contributed by atoms with Gasteiger partial charge in [-0.25, -0.2) is 13.2 Å². The first-order valence-corrected chi connectivity index (χ1v) is 12.6. The molecule has 2 saturated heterocycles. The van der Waals surface area contributed by atoms with Crippen molar-refractivity contribution in [1.82, 2.24) is 19.0 Å². The largest absolute Gasteiger partial charge is 0.331 e. The zero-order valence-electron chi connectivity index (χ0n) is 18.6. The molecule has 0 saturated carbocycles. The number of sulfonamides is 1. The summed E-state index contributed by atoms with van der Waals surface area (Å²) in [6, 6.07) is 7.53. The Bertz CT molecular complexity index is 804. The number of aryl methyl sites for hydroxylation is 1. The summed E-state index contributed by atoms with van der Waals surface area (Å²) in [5.41, 5.74) is 1.92. The first-order valence-electron chi connectivity index (χ1n) is 11.0. The Balaban J connectivity index is 1.63. The molecule has 8 heteroatoms. The third-order valence-corrected chi connectivity index (χ3v) is 7.98. The molecule has 1 atom stereocenters. The number of hydrogen-bond acceptors (Lipinski definition) is 4. The lowest BCUT2D eigenvalue weighted by molar-refractivity contribution is 0.134. The van der Waals surface area contributed by atoms with Crippen LogP contribution in [0.2, 0.25) is 0 Å². The van der Waals surface area contributed by atoms with Gasteiger partial charge in [0.05, 0.1) is 5.75 Å². The van der Waals surface area contributed by atoms with E-state index >= 15 is 0 Å². The van der Waals surface area contributed by atoms with E-state index in [4.69, 9.17) is 0 Å². The Morgan fingerprint density at radius 2 is 1.73 bits per heavy atom. The first-order chi connectivity index (χ1) is 14.3. The van der Waals surface area contributed by atoms with Crippen LogP contribution in [0.3, 0.4) is 0 Å². The van der Waals surface area contributed by atoms with Crippen molar-refractivity contribution in [3.8, 4) is 0 Å². The van der Waals surface area contributed by atoms with E-state index in [-0.39, 0.29) is 17.8 Å². The van der Waals surface area contributed by atoms with Crippen LogP contribution >= 0.6 is 0 Å². The standard InChI is InChI=1S/C22H36N4O3S/c1-19-7-9-20(10-8-19)18-30(28,29)25-14-11-21(17-25)26(22(27)23(2)3)16-15-24-12-5-4-6-13-24/h7-10,21H,4-6,11-18H2,1-3H3. The third-order valence-electron chi connectivity index (χ3n) is 6.16. The molecule has 3 rings (SSSR count). The number of nitrogens with zero attached hydrogens (tertiary/aromatic N) is 4. The van der Waals surface area contributed by atoms with E-state index in [1.165, 1.54) is 19.3 Å². The van der Waals surface area contributed by atoms with Crippen LogP contribution in [-0.4, -0.2) is 92.9 Å². The second kappa shape index (κ2) is 10.1. The summed E-state index contributed by atoms with van der Waals surface area (Å²) in [4.78, 5) is 18.7. The van der Waals surface area contributed by atoms with Crippen LogP contribution in [0.25, 0.3) is 0 Å². The van der Waals surface area contributed by atoms with Gasteiger partial charge in [0, 0.05) is 46.3 Å². The quantitative estimate of drug-likeness (QED) is 0.658. The zero-order valence-corrected chi connectivity index (χ0v) is 19.4. The highest BCUT2D eigenvalue weighted by Gasteiger charge is 2.36. The summed E-state index contributed by atoms with van der Waals surface area (Å²) in [6.07, 6.45) is 4.41. The summed E-state index contributed by atoms with van der Waals surface area (Å²) in [5, 5.41) is 0. The van der Waals surface area contributed by atoms with Crippen molar-refractivity contribution >= 4 is 16.1 Å². The molecule has 2 fully saturated rings. The number of amides is 2. The van der Waals surface area contributed by atoms with Crippen molar-refractivity contribution in [3.63, 3.8) is 0 Å². The third kappa shape index (κ3) is 5.95. The fourth-order valence-corrected chi connectivity index (χ4v) is 5.91. The second-order valence-corrected chi connectivity index (χ2v) is 10.8. The number of urea groups is 1. The van der Waals surface area contributed by atoms with Gasteiger partial charge in [0.15, 0.2) is 0 Å². The first kappa shape index (κ1) is 23.0. The van der Waals surface area contributed by atoms with Crippen molar-refractivity contribution < 1.29 is 13.2 Å². The van der Waals surface area contributed by atoms with Crippen LogP contribution < -0.4 is 0 Å². The van der Waals surface area contributed by atoms with Crippen LogP contribution in [0.1, 0.15) is 36.8 Å². The molecule has 7 nitrogen and oxygen atoms in total. The van der Waals surface area contributed by atoms with Crippen LogP contribution in [-0.2, 0) is 15.8 Å². The molecule has 1 unspecified atom stereocenters. The number of carbonyl (C=O) groups is 1. The Labute approximate surface area is 181 Å². The Morgan fingerprint density at radius 3 is 2.37 bits per heavy atom. The number of likely N-dealkylation sites (tertiary alicyclic amines) is 1. The molecule has 2 aliphatic heterocycles. The molecular weight excluding hydrogens is 400 g/mol. The zero-order chi connectivity index (χ0) is 21.7. The summed E-state index contributed by atoms with van der Waals surface area (Å²) >= 11 is 0. The molecule has 0 N–H and O–H groups in total. The van der Waals surface area contributed by atoms with Crippen molar-refractivity contribution in [3.05, 3.63) is 35.4 Å². The Morgan fingerprint density at radius 1 is 1.07 bits per heavy atom. The lowest BCUT2D eigenvalue weighted by Crippen LogP contribution is -2.50. The SMILES string of the molecule is Cc1ccc(CS(=O)(=O)N2CCC(N(CCN3CCCCC3)C(=O)N(C)C)C2)cc1. The Hall–Kier alpha value is -1.64. The van der Waals surface area contributed by atoms with Crippen LogP contribution in [0.5, 0.6) is 0 Å². The van der Waals surface area contributed by atoms with Crippen molar-refractivity contribution in [2.24, 2.45) is 0 Å². The van der Waals surface area contributed by atoms with E-state index < -0.39 is 10.0 Å². The van der Waals surface area contributed by atoms with Crippen LogP contribution in [0, 0.1) is 6.92 Å². The minimum Gasteiger partial charge on any atom is -0.331 e. The molecule has 0 aliphatic carbocycles. The van der Waals surface area contributed by atoms with E-state index in [0.29, 0.717) is 26.1 Å². The average molecular weight is 437 g/mol. The molecule has 0 spiro atoms. The molecule has 0 bridgehead atoms. The molecule has 30 heavy (non-hydrogen) atoms. The lowest BCUT2D eigenvalue weighted by atomic mass is 10.1. The topological polar surface area (TPSA) is 64.2 Å². The van der Waals surface area contributed by atoms with Gasteiger partial charge in [0.1, 0.15) is 0 Å². The predicted octanol–water partition coefficient (Wildman–Crippen LogP) is 2.37. The maximum Gasteiger partial charge on any atom is 0.319 e. The molecule has 1 aromatic rings. The Kier molecular flexibility index (Phi) is 7.76. The molecule has 2 aliphatic rings. The number of rotatable bonds is 7. The van der Waals surface area contributed by atoms with Crippen LogP contribution in [0.15, 0.2) is 24.3 Å². The van der Waals surface area contributed by atoms with Gasteiger partial charge >= 0.3 is 6.03 Å². The number of benzene rings is 1. The van der Waals surface area contributed by atoms with E-state index in [9.17, 15) is 13.2 Å². The summed E-state index contributed by atoms with van der Waals surface area (Å²) in [7, 11) is 0.120. The van der Waals surface area contributed by atoms with Gasteiger partial charge < -0.3 is 14.7 Å². The normalized spacial score (nSPS) is 21.0. The van der Waals surface area contributed by atoms with Gasteiger partial charge in [-0.1, -0.05) is 36.2 Å². The van der Waals surface area contributed by atoms with E-state index in [0.717, 1.165) is 30.8 Å². The van der Waals surface area contributed by atoms with Crippen molar-refractivity contribution in [2.75, 3.05) is 53.4 Å². The highest BCUT2D eigenvalue weighted by Crippen LogP contribution is 2.22. The van der Waals surface area contributed by atoms with Gasteiger partial charge in [-0.15, -0.1) is 0 Å². The number of hydrogen-bond donors (Lipinski definition) is 0. The van der Waals surface area contributed by atoms with E-state index in [1.54, 1.807) is 23.3 Å². The number of carbonyl (C=O) groups excluding carboxylic acids is 1. The van der Waals surface area contributed by atoms with Gasteiger partial charge in [0.25, 0.3) is 0 Å². The van der Waals surface area contributed by atoms with Crippen molar-refractivity contribution in [2.45, 2.75) is 44.4 Å². The van der Waals surface area contributed by atoms with Gasteiger partial charge in [-0.05, 0) is 44.8 Å². The highest BCUT2D eigenvalue weighted by molar-refractivity contribution is 7.88. The van der Waals surface area contributed by atoms with Crippen molar-refractivity contribution in [1.29, 1.82) is 0 Å². The smallest absolute Gasteiger partial charge is 0.319 e. The molecule has 168 valence electrons. The van der Waals surface area contributed by atoms with Gasteiger partial charge in [-0.2, -0.15) is 4.31 Å². The lowest BCUT2D eigenvalue weighted by Gasteiger charge is -2.34. The minimum atomic E-state index is -3.40. The average Bonchev–Trinajstić information content (AvgIpc) is 3.21. The number of piperidine rings is 1. The molecule has 1 aromatic carbocycles. The fraction of sp³-hybridized carbons (Fsp3) is 0.682.